The van der Waals surface area contributed by atoms with Gasteiger partial charge in [0.1, 0.15) is 11.5 Å². The molecule has 38 heavy (non-hydrogen) atoms. The molecule has 4 heterocycles. The van der Waals surface area contributed by atoms with E-state index in [1.54, 1.807) is 22.4 Å². The molecule has 2 aromatic carbocycles. The summed E-state index contributed by atoms with van der Waals surface area (Å²) < 4.78 is 5.17. The molecule has 0 aliphatic carbocycles. The number of imidazole rings is 2. The average molecular weight is 509 g/mol. The van der Waals surface area contributed by atoms with E-state index in [2.05, 4.69) is 39.1 Å². The van der Waals surface area contributed by atoms with E-state index in [4.69, 9.17) is 0 Å². The summed E-state index contributed by atoms with van der Waals surface area (Å²) in [5.41, 5.74) is 4.74. The number of fused-ring (bicyclic) bond motifs is 1. The van der Waals surface area contributed by atoms with Crippen molar-refractivity contribution in [2.24, 2.45) is 7.05 Å². The molecule has 0 radical (unpaired) electrons. The Morgan fingerprint density at radius 2 is 1.76 bits per heavy atom. The Balaban J connectivity index is 1.28. The van der Waals surface area contributed by atoms with Crippen LogP contribution in [0.3, 0.4) is 0 Å². The molecule has 1 fully saturated rings. The van der Waals surface area contributed by atoms with Crippen LogP contribution in [-0.2, 0) is 20.0 Å². The maximum absolute atomic E-state index is 13.8. The Labute approximate surface area is 219 Å². The molecule has 6 rings (SSSR count). The van der Waals surface area contributed by atoms with Crippen LogP contribution in [0.4, 0.5) is 0 Å². The number of pyridine rings is 1. The van der Waals surface area contributed by atoms with E-state index in [1.165, 1.54) is 17.3 Å². The van der Waals surface area contributed by atoms with Crippen LogP contribution in [0.5, 0.6) is 0 Å². The lowest BCUT2D eigenvalue weighted by Gasteiger charge is -2.16. The fourth-order valence-corrected chi connectivity index (χ4v) is 5.38. The van der Waals surface area contributed by atoms with E-state index in [0.717, 1.165) is 30.6 Å². The molecule has 0 amide bonds. The molecular formula is C29H28N6O3. The molecule has 9 nitrogen and oxygen atoms in total. The zero-order chi connectivity index (χ0) is 26.2. The minimum atomic E-state index is -0.996. The predicted octanol–water partition coefficient (Wildman–Crippen LogP) is 3.66. The van der Waals surface area contributed by atoms with Gasteiger partial charge in [-0.1, -0.05) is 42.5 Å². The third kappa shape index (κ3) is 4.31. The van der Waals surface area contributed by atoms with Crippen molar-refractivity contribution in [3.63, 3.8) is 0 Å². The molecule has 1 atom stereocenters. The maximum atomic E-state index is 13.8. The number of benzene rings is 2. The Hall–Kier alpha value is -4.50. The van der Waals surface area contributed by atoms with Gasteiger partial charge in [-0.2, -0.15) is 0 Å². The highest BCUT2D eigenvalue weighted by molar-refractivity contribution is 5.85. The minimum Gasteiger partial charge on any atom is -0.477 e. The standard InChI is InChI=1S/C29H28N6O3/c1-32-25(28(36)37)17-31-26(32)19-33-15-13-23(18-33)35-27-24(8-5-14-30-27)34(29(35)38)22-11-9-21(10-12-22)16-20-6-3-2-4-7-20/h2-12,14,17,23H,13,15-16,18-19H2,1H3,(H,36,37). The molecule has 0 bridgehead atoms. The van der Waals surface area contributed by atoms with Gasteiger partial charge in [0.15, 0.2) is 5.65 Å². The smallest absolute Gasteiger partial charge is 0.354 e. The predicted molar refractivity (Wildman–Crippen MR) is 144 cm³/mol. The SMILES string of the molecule is Cn1c(C(=O)O)cnc1CN1CCC(n2c(=O)n(-c3ccc(Cc4ccccc4)cc3)c3cccnc32)C1. The topological polar surface area (TPSA) is 98.2 Å². The van der Waals surface area contributed by atoms with Gasteiger partial charge in [0.2, 0.25) is 0 Å². The summed E-state index contributed by atoms with van der Waals surface area (Å²) in [4.78, 5) is 36.3. The summed E-state index contributed by atoms with van der Waals surface area (Å²) in [6.45, 7) is 1.95. The van der Waals surface area contributed by atoms with Crippen molar-refractivity contribution in [3.05, 3.63) is 112 Å². The molecule has 1 saturated heterocycles. The van der Waals surface area contributed by atoms with Crippen LogP contribution < -0.4 is 5.69 Å². The second-order valence-corrected chi connectivity index (χ2v) is 9.76. The van der Waals surface area contributed by atoms with Crippen LogP contribution >= 0.6 is 0 Å². The second kappa shape index (κ2) is 9.75. The highest BCUT2D eigenvalue weighted by Gasteiger charge is 2.29. The molecule has 0 spiro atoms. The van der Waals surface area contributed by atoms with Crippen LogP contribution in [0.2, 0.25) is 0 Å². The minimum absolute atomic E-state index is 0.0438. The monoisotopic (exact) mass is 508 g/mol. The van der Waals surface area contributed by atoms with Gasteiger partial charge in [0.25, 0.3) is 0 Å². The van der Waals surface area contributed by atoms with E-state index in [9.17, 15) is 14.7 Å². The van der Waals surface area contributed by atoms with E-state index in [-0.39, 0.29) is 17.4 Å². The summed E-state index contributed by atoms with van der Waals surface area (Å²) in [5, 5.41) is 9.32. The van der Waals surface area contributed by atoms with Gasteiger partial charge in [0.05, 0.1) is 30.0 Å². The van der Waals surface area contributed by atoms with Crippen molar-refractivity contribution in [3.8, 4) is 5.69 Å². The highest BCUT2D eigenvalue weighted by atomic mass is 16.4. The van der Waals surface area contributed by atoms with Crippen molar-refractivity contribution in [2.45, 2.75) is 25.4 Å². The number of aromatic nitrogens is 5. The van der Waals surface area contributed by atoms with Gasteiger partial charge in [-0.05, 0) is 48.2 Å². The fourth-order valence-electron chi connectivity index (χ4n) is 5.38. The molecule has 1 aliphatic rings. The molecule has 1 aliphatic heterocycles. The van der Waals surface area contributed by atoms with Crippen molar-refractivity contribution in [2.75, 3.05) is 13.1 Å². The number of carboxylic acid groups (broad SMARTS) is 1. The molecule has 9 heteroatoms. The van der Waals surface area contributed by atoms with Crippen molar-refractivity contribution < 1.29 is 9.90 Å². The number of hydrogen-bond acceptors (Lipinski definition) is 5. The lowest BCUT2D eigenvalue weighted by Crippen LogP contribution is -2.29. The Bertz CT molecular complexity index is 1670. The third-order valence-corrected chi connectivity index (χ3v) is 7.36. The first-order chi connectivity index (χ1) is 18.5. The van der Waals surface area contributed by atoms with Crippen LogP contribution in [0.1, 0.15) is 39.9 Å². The van der Waals surface area contributed by atoms with Gasteiger partial charge in [-0.25, -0.2) is 19.6 Å². The summed E-state index contributed by atoms with van der Waals surface area (Å²) in [5.74, 6) is -0.310. The summed E-state index contributed by atoms with van der Waals surface area (Å²) in [6.07, 6.45) is 4.74. The molecule has 192 valence electrons. The number of nitrogens with zero attached hydrogens (tertiary/aromatic N) is 6. The van der Waals surface area contributed by atoms with Crippen molar-refractivity contribution in [1.29, 1.82) is 0 Å². The van der Waals surface area contributed by atoms with E-state index in [1.807, 2.05) is 47.0 Å². The van der Waals surface area contributed by atoms with Gasteiger partial charge in [0, 0.05) is 26.3 Å². The van der Waals surface area contributed by atoms with Crippen LogP contribution in [0.25, 0.3) is 16.9 Å². The molecule has 1 N–H and O–H groups in total. The zero-order valence-electron chi connectivity index (χ0n) is 21.1. The molecule has 5 aromatic rings. The Kier molecular flexibility index (Phi) is 6.13. The van der Waals surface area contributed by atoms with Crippen LogP contribution in [-0.4, -0.2) is 52.7 Å². The van der Waals surface area contributed by atoms with E-state index >= 15 is 0 Å². The summed E-state index contributed by atoms with van der Waals surface area (Å²) in [7, 11) is 1.71. The van der Waals surface area contributed by atoms with Gasteiger partial charge in [-0.3, -0.25) is 14.0 Å². The first-order valence-corrected chi connectivity index (χ1v) is 12.7. The summed E-state index contributed by atoms with van der Waals surface area (Å²) >= 11 is 0. The number of likely N-dealkylation sites (tertiary alicyclic amines) is 1. The lowest BCUT2D eigenvalue weighted by molar-refractivity contribution is 0.0686. The third-order valence-electron chi connectivity index (χ3n) is 7.36. The average Bonchev–Trinajstić information content (AvgIpc) is 3.61. The van der Waals surface area contributed by atoms with Crippen molar-refractivity contribution in [1.82, 2.24) is 28.6 Å². The van der Waals surface area contributed by atoms with E-state index < -0.39 is 5.97 Å². The first-order valence-electron chi connectivity index (χ1n) is 12.7. The lowest BCUT2D eigenvalue weighted by atomic mass is 10.0. The second-order valence-electron chi connectivity index (χ2n) is 9.76. The van der Waals surface area contributed by atoms with Gasteiger partial charge in [-0.15, -0.1) is 0 Å². The Morgan fingerprint density at radius 1 is 1.00 bits per heavy atom. The quantitative estimate of drug-likeness (QED) is 0.360. The molecular weight excluding hydrogens is 480 g/mol. The van der Waals surface area contributed by atoms with Crippen LogP contribution in [0, 0.1) is 0 Å². The number of aromatic carboxylic acids is 1. The molecule has 3 aromatic heterocycles. The highest BCUT2D eigenvalue weighted by Crippen LogP contribution is 2.26. The maximum Gasteiger partial charge on any atom is 0.354 e. The molecule has 0 saturated carbocycles. The van der Waals surface area contributed by atoms with Crippen molar-refractivity contribution >= 4 is 17.1 Å². The number of rotatable bonds is 7. The van der Waals surface area contributed by atoms with Gasteiger partial charge < -0.3 is 9.67 Å². The van der Waals surface area contributed by atoms with Gasteiger partial charge >= 0.3 is 11.7 Å². The zero-order valence-corrected chi connectivity index (χ0v) is 21.1. The fraction of sp³-hybridized carbons (Fsp3) is 0.241. The largest absolute Gasteiger partial charge is 0.477 e. The van der Waals surface area contributed by atoms with Crippen LogP contribution in [0.15, 0.2) is 83.9 Å². The Morgan fingerprint density at radius 3 is 2.50 bits per heavy atom. The van der Waals surface area contributed by atoms with E-state index in [0.29, 0.717) is 24.6 Å². The first kappa shape index (κ1) is 23.9. The number of carbonyl (C=O) groups is 1. The summed E-state index contributed by atoms with van der Waals surface area (Å²) in [6, 6.07) is 22.2. The molecule has 1 unspecified atom stereocenters. The number of carboxylic acids is 1. The normalized spacial score (nSPS) is 15.9. The number of hydrogen-bond donors (Lipinski definition) is 1.